The van der Waals surface area contributed by atoms with Gasteiger partial charge in [-0.1, -0.05) is 41.7 Å². The predicted molar refractivity (Wildman–Crippen MR) is 91.1 cm³/mol. The lowest BCUT2D eigenvalue weighted by Crippen LogP contribution is -2.10. The first-order valence-electron chi connectivity index (χ1n) is 6.79. The molecule has 0 spiro atoms. The second-order valence-electron chi connectivity index (χ2n) is 5.05. The zero-order valence-electron chi connectivity index (χ0n) is 12.8. The van der Waals surface area contributed by atoms with Gasteiger partial charge in [0.25, 0.3) is 4.34 Å². The summed E-state index contributed by atoms with van der Waals surface area (Å²) < 4.78 is 28.9. The Kier molecular flexibility index (Phi) is 4.16. The second kappa shape index (κ2) is 6.13. The Balaban J connectivity index is 2.11. The van der Waals surface area contributed by atoms with Crippen LogP contribution in [0.4, 0.5) is 0 Å². The summed E-state index contributed by atoms with van der Waals surface area (Å²) in [4.78, 5) is 17.6. The molecule has 0 bridgehead atoms. The molecule has 8 nitrogen and oxygen atoms in total. The minimum absolute atomic E-state index is 0.200. The number of carbonyl (C=O) groups excluding carboxylic acids is 1. The first kappa shape index (κ1) is 16.3. The maximum atomic E-state index is 12.2. The van der Waals surface area contributed by atoms with Gasteiger partial charge in [-0.15, -0.1) is 9.50 Å². The molecule has 0 saturated heterocycles. The Morgan fingerprint density at radius 1 is 1.25 bits per heavy atom. The fourth-order valence-electron chi connectivity index (χ4n) is 1.97. The highest BCUT2D eigenvalue weighted by Crippen LogP contribution is 2.28. The second-order valence-corrected chi connectivity index (χ2v) is 7.81. The third-order valence-electron chi connectivity index (χ3n) is 3.02. The van der Waals surface area contributed by atoms with E-state index in [0.29, 0.717) is 16.9 Å². The minimum Gasteiger partial charge on any atom is -0.368 e. The van der Waals surface area contributed by atoms with Gasteiger partial charge in [-0.25, -0.2) is 4.98 Å². The van der Waals surface area contributed by atoms with Crippen molar-refractivity contribution < 1.29 is 13.2 Å². The van der Waals surface area contributed by atoms with Crippen molar-refractivity contribution in [2.45, 2.75) is 4.34 Å². The summed E-state index contributed by atoms with van der Waals surface area (Å²) in [6.07, 6.45) is 1.79. The number of rotatable bonds is 5. The molecule has 24 heavy (non-hydrogen) atoms. The molecule has 0 aliphatic heterocycles. The summed E-state index contributed by atoms with van der Waals surface area (Å²) in [5.74, 6) is 0. The van der Waals surface area contributed by atoms with E-state index in [-0.39, 0.29) is 10.0 Å². The molecule has 0 aliphatic carbocycles. The highest BCUT2D eigenvalue weighted by atomic mass is 32.2. The Hall–Kier alpha value is -2.59. The number of aldehydes is 1. The Bertz CT molecular complexity index is 1020. The van der Waals surface area contributed by atoms with E-state index in [0.717, 1.165) is 16.9 Å². The molecule has 1 aromatic carbocycles. The van der Waals surface area contributed by atoms with Crippen LogP contribution in [0.5, 0.6) is 0 Å². The van der Waals surface area contributed by atoms with Crippen molar-refractivity contribution in [3.05, 3.63) is 36.0 Å². The van der Waals surface area contributed by atoms with E-state index in [1.165, 1.54) is 15.8 Å². The van der Waals surface area contributed by atoms with Crippen LogP contribution in [-0.2, 0) is 10.0 Å². The van der Waals surface area contributed by atoms with Crippen LogP contribution in [0, 0.1) is 0 Å². The van der Waals surface area contributed by atoms with Gasteiger partial charge in [0.05, 0.1) is 0 Å². The standard InChI is InChI=1S/C14H13N5O3S2/c1-18(2)9-15-24(21,22)14-17-19-11(8-20)12(16-13(19)23-14)10-6-4-3-5-7-10/h3-9H,1-2H3. The van der Waals surface area contributed by atoms with Crippen molar-refractivity contribution in [3.8, 4) is 11.3 Å². The smallest absolute Gasteiger partial charge is 0.312 e. The Labute approximate surface area is 142 Å². The molecule has 2 aromatic heterocycles. The monoisotopic (exact) mass is 363 g/mol. The highest BCUT2D eigenvalue weighted by molar-refractivity contribution is 7.92. The molecule has 124 valence electrons. The predicted octanol–water partition coefficient (Wildman–Crippen LogP) is 1.55. The summed E-state index contributed by atoms with van der Waals surface area (Å²) in [5, 5.41) is 4.00. The molecule has 0 fully saturated rings. The van der Waals surface area contributed by atoms with Crippen LogP contribution < -0.4 is 0 Å². The lowest BCUT2D eigenvalue weighted by atomic mass is 10.1. The van der Waals surface area contributed by atoms with Crippen molar-refractivity contribution in [2.75, 3.05) is 14.1 Å². The largest absolute Gasteiger partial charge is 0.368 e. The van der Waals surface area contributed by atoms with Crippen LogP contribution in [-0.4, -0.2) is 54.6 Å². The van der Waals surface area contributed by atoms with Crippen molar-refractivity contribution in [1.82, 2.24) is 19.5 Å². The molecule has 10 heteroatoms. The average Bonchev–Trinajstić information content (AvgIpc) is 3.11. The molecule has 0 amide bonds. The molecular weight excluding hydrogens is 350 g/mol. The third-order valence-corrected chi connectivity index (χ3v) is 5.50. The van der Waals surface area contributed by atoms with Crippen LogP contribution in [0.15, 0.2) is 39.1 Å². The molecule has 0 unspecified atom stereocenters. The molecule has 2 heterocycles. The molecule has 3 rings (SSSR count). The zero-order chi connectivity index (χ0) is 17.3. The number of imidazole rings is 1. The van der Waals surface area contributed by atoms with Crippen LogP contribution in [0.3, 0.4) is 0 Å². The number of carbonyl (C=O) groups is 1. The van der Waals surface area contributed by atoms with Gasteiger partial charge in [0.15, 0.2) is 6.29 Å². The molecule has 0 radical (unpaired) electrons. The minimum atomic E-state index is -3.93. The van der Waals surface area contributed by atoms with Crippen LogP contribution in [0.1, 0.15) is 10.5 Å². The molecule has 0 atom stereocenters. The van der Waals surface area contributed by atoms with E-state index < -0.39 is 10.0 Å². The van der Waals surface area contributed by atoms with Gasteiger partial charge in [0, 0.05) is 19.7 Å². The number of hydrogen-bond acceptors (Lipinski definition) is 6. The Morgan fingerprint density at radius 3 is 2.58 bits per heavy atom. The van der Waals surface area contributed by atoms with Gasteiger partial charge in [0.1, 0.15) is 17.7 Å². The first-order chi connectivity index (χ1) is 11.4. The number of fused-ring (bicyclic) bond motifs is 1. The van der Waals surface area contributed by atoms with Gasteiger partial charge < -0.3 is 4.90 Å². The summed E-state index contributed by atoms with van der Waals surface area (Å²) in [5.41, 5.74) is 1.42. The lowest BCUT2D eigenvalue weighted by molar-refractivity contribution is 0.111. The molecule has 3 aromatic rings. The number of benzene rings is 1. The SMILES string of the molecule is CN(C)C=NS(=O)(=O)c1nn2c(C=O)c(-c3ccccc3)nc2s1. The van der Waals surface area contributed by atoms with E-state index in [9.17, 15) is 13.2 Å². The summed E-state index contributed by atoms with van der Waals surface area (Å²) in [7, 11) is -0.617. The van der Waals surface area contributed by atoms with E-state index >= 15 is 0 Å². The Morgan fingerprint density at radius 2 is 1.96 bits per heavy atom. The van der Waals surface area contributed by atoms with Gasteiger partial charge in [0.2, 0.25) is 4.96 Å². The third kappa shape index (κ3) is 2.93. The van der Waals surface area contributed by atoms with E-state index in [1.54, 1.807) is 14.1 Å². The van der Waals surface area contributed by atoms with Crippen LogP contribution >= 0.6 is 11.3 Å². The number of nitrogens with zero attached hydrogens (tertiary/aromatic N) is 5. The lowest BCUT2D eigenvalue weighted by Gasteiger charge is -2.01. The molecule has 0 saturated carbocycles. The number of aromatic nitrogens is 3. The van der Waals surface area contributed by atoms with Crippen molar-refractivity contribution >= 4 is 38.9 Å². The fraction of sp³-hybridized carbons (Fsp3) is 0.143. The van der Waals surface area contributed by atoms with Gasteiger partial charge >= 0.3 is 10.0 Å². The van der Waals surface area contributed by atoms with Gasteiger partial charge in [-0.05, 0) is 0 Å². The zero-order valence-corrected chi connectivity index (χ0v) is 14.5. The van der Waals surface area contributed by atoms with E-state index in [1.807, 2.05) is 30.3 Å². The summed E-state index contributed by atoms with van der Waals surface area (Å²) in [6, 6.07) is 9.15. The fourth-order valence-corrected chi connectivity index (χ4v) is 3.97. The molecular formula is C14H13N5O3S2. The van der Waals surface area contributed by atoms with Crippen molar-refractivity contribution in [2.24, 2.45) is 4.40 Å². The molecule has 0 N–H and O–H groups in total. The van der Waals surface area contributed by atoms with Crippen molar-refractivity contribution in [1.29, 1.82) is 0 Å². The maximum Gasteiger partial charge on any atom is 0.312 e. The summed E-state index contributed by atoms with van der Waals surface area (Å²) >= 11 is 0.863. The highest BCUT2D eigenvalue weighted by Gasteiger charge is 2.23. The van der Waals surface area contributed by atoms with Gasteiger partial charge in [-0.2, -0.15) is 12.9 Å². The maximum absolute atomic E-state index is 12.2. The van der Waals surface area contributed by atoms with Crippen LogP contribution in [0.25, 0.3) is 16.2 Å². The first-order valence-corrected chi connectivity index (χ1v) is 9.05. The molecule has 0 aliphatic rings. The van der Waals surface area contributed by atoms with E-state index in [4.69, 9.17) is 0 Å². The average molecular weight is 363 g/mol. The van der Waals surface area contributed by atoms with E-state index in [2.05, 4.69) is 14.5 Å². The quantitative estimate of drug-likeness (QED) is 0.388. The topological polar surface area (TPSA) is 97.0 Å². The summed E-state index contributed by atoms with van der Waals surface area (Å²) in [6.45, 7) is 0. The van der Waals surface area contributed by atoms with Gasteiger partial charge in [-0.3, -0.25) is 4.79 Å². The van der Waals surface area contributed by atoms with Crippen LogP contribution in [0.2, 0.25) is 0 Å². The normalized spacial score (nSPS) is 12.1. The number of sulfonamides is 1. The number of hydrogen-bond donors (Lipinski definition) is 0. The van der Waals surface area contributed by atoms with Crippen molar-refractivity contribution in [3.63, 3.8) is 0 Å².